The number of aromatic nitrogens is 3. The Morgan fingerprint density at radius 3 is 3.00 bits per heavy atom. The SMILES string of the molecule is C=CCNc1cnnc(Nc2ccc(OC)c(Cl)c2)n1. The second-order valence-corrected chi connectivity index (χ2v) is 4.22. The van der Waals surface area contributed by atoms with E-state index < -0.39 is 0 Å². The van der Waals surface area contributed by atoms with Crippen LogP contribution >= 0.6 is 11.6 Å². The highest BCUT2D eigenvalue weighted by Gasteiger charge is 2.04. The molecule has 0 aliphatic carbocycles. The van der Waals surface area contributed by atoms with E-state index in [1.165, 1.54) is 6.20 Å². The zero-order valence-corrected chi connectivity index (χ0v) is 11.7. The molecule has 0 aliphatic heterocycles. The molecule has 20 heavy (non-hydrogen) atoms. The van der Waals surface area contributed by atoms with E-state index in [4.69, 9.17) is 16.3 Å². The van der Waals surface area contributed by atoms with Gasteiger partial charge < -0.3 is 15.4 Å². The van der Waals surface area contributed by atoms with Gasteiger partial charge in [0.2, 0.25) is 5.95 Å². The van der Waals surface area contributed by atoms with E-state index in [9.17, 15) is 0 Å². The highest BCUT2D eigenvalue weighted by atomic mass is 35.5. The van der Waals surface area contributed by atoms with Crippen LogP contribution in [-0.2, 0) is 0 Å². The standard InChI is InChI=1S/C13H14ClN5O/c1-3-6-15-12-8-16-19-13(18-12)17-9-4-5-11(20-2)10(14)7-9/h3-5,7-8H,1,6H2,2H3,(H2,15,17,18,19). The number of rotatable bonds is 6. The van der Waals surface area contributed by atoms with Crippen molar-refractivity contribution in [3.05, 3.63) is 42.1 Å². The molecule has 0 saturated carbocycles. The van der Waals surface area contributed by atoms with Crippen molar-refractivity contribution in [2.24, 2.45) is 0 Å². The van der Waals surface area contributed by atoms with E-state index in [2.05, 4.69) is 32.4 Å². The van der Waals surface area contributed by atoms with Crippen LogP contribution < -0.4 is 15.4 Å². The van der Waals surface area contributed by atoms with Gasteiger partial charge in [-0.25, -0.2) is 0 Å². The quantitative estimate of drug-likeness (QED) is 0.797. The first-order valence-electron chi connectivity index (χ1n) is 5.88. The second kappa shape index (κ2) is 6.72. The molecular formula is C13H14ClN5O. The number of nitrogens with one attached hydrogen (secondary N) is 2. The smallest absolute Gasteiger partial charge is 0.249 e. The minimum absolute atomic E-state index is 0.375. The van der Waals surface area contributed by atoms with Gasteiger partial charge in [-0.15, -0.1) is 11.7 Å². The summed E-state index contributed by atoms with van der Waals surface area (Å²) < 4.78 is 5.09. The molecule has 0 radical (unpaired) electrons. The normalized spacial score (nSPS) is 9.90. The summed E-state index contributed by atoms with van der Waals surface area (Å²) >= 11 is 6.05. The van der Waals surface area contributed by atoms with Crippen molar-refractivity contribution in [2.45, 2.75) is 0 Å². The summed E-state index contributed by atoms with van der Waals surface area (Å²) in [7, 11) is 1.57. The Bertz CT molecular complexity index is 605. The van der Waals surface area contributed by atoms with Gasteiger partial charge in [-0.2, -0.15) is 10.1 Å². The van der Waals surface area contributed by atoms with Crippen molar-refractivity contribution in [3.8, 4) is 5.75 Å². The van der Waals surface area contributed by atoms with Crippen molar-refractivity contribution in [3.63, 3.8) is 0 Å². The predicted octanol–water partition coefficient (Wildman–Crippen LogP) is 2.88. The van der Waals surface area contributed by atoms with Crippen LogP contribution in [0.25, 0.3) is 0 Å². The minimum atomic E-state index is 0.375. The van der Waals surface area contributed by atoms with Crippen molar-refractivity contribution in [2.75, 3.05) is 24.3 Å². The molecule has 1 heterocycles. The lowest BCUT2D eigenvalue weighted by Crippen LogP contribution is -2.05. The topological polar surface area (TPSA) is 72.0 Å². The lowest BCUT2D eigenvalue weighted by molar-refractivity contribution is 0.415. The summed E-state index contributed by atoms with van der Waals surface area (Å²) in [6.45, 7) is 4.23. The summed E-state index contributed by atoms with van der Waals surface area (Å²) in [5, 5.41) is 14.3. The van der Waals surface area contributed by atoms with Crippen LogP contribution in [0.15, 0.2) is 37.1 Å². The molecule has 2 aromatic rings. The molecule has 0 spiro atoms. The van der Waals surface area contributed by atoms with Crippen LogP contribution in [0.3, 0.4) is 0 Å². The van der Waals surface area contributed by atoms with E-state index in [0.29, 0.717) is 29.1 Å². The fourth-order valence-electron chi connectivity index (χ4n) is 1.49. The maximum absolute atomic E-state index is 6.05. The first-order chi connectivity index (χ1) is 9.72. The molecule has 0 saturated heterocycles. The average molecular weight is 292 g/mol. The number of ether oxygens (including phenoxy) is 1. The molecule has 0 aliphatic rings. The Morgan fingerprint density at radius 2 is 2.30 bits per heavy atom. The molecule has 1 aromatic heterocycles. The first-order valence-corrected chi connectivity index (χ1v) is 6.26. The van der Waals surface area contributed by atoms with Crippen LogP contribution in [0.2, 0.25) is 5.02 Å². The van der Waals surface area contributed by atoms with Crippen LogP contribution in [-0.4, -0.2) is 28.8 Å². The Kier molecular flexibility index (Phi) is 4.73. The van der Waals surface area contributed by atoms with Crippen LogP contribution in [0.4, 0.5) is 17.5 Å². The Balaban J connectivity index is 2.13. The van der Waals surface area contributed by atoms with Gasteiger partial charge in [-0.3, -0.25) is 0 Å². The molecule has 7 heteroatoms. The number of hydrogen-bond acceptors (Lipinski definition) is 6. The third kappa shape index (κ3) is 3.58. The van der Waals surface area contributed by atoms with Gasteiger partial charge in [0.25, 0.3) is 0 Å². The second-order valence-electron chi connectivity index (χ2n) is 3.81. The van der Waals surface area contributed by atoms with E-state index in [-0.39, 0.29) is 0 Å². The summed E-state index contributed by atoms with van der Waals surface area (Å²) in [4.78, 5) is 4.26. The van der Waals surface area contributed by atoms with E-state index >= 15 is 0 Å². The Labute approximate surface area is 121 Å². The zero-order chi connectivity index (χ0) is 14.4. The zero-order valence-electron chi connectivity index (χ0n) is 10.9. The molecule has 0 atom stereocenters. The van der Waals surface area contributed by atoms with Gasteiger partial charge in [0.15, 0.2) is 5.82 Å². The lowest BCUT2D eigenvalue weighted by atomic mass is 10.3. The highest BCUT2D eigenvalue weighted by molar-refractivity contribution is 6.32. The summed E-state index contributed by atoms with van der Waals surface area (Å²) in [6.07, 6.45) is 3.27. The lowest BCUT2D eigenvalue weighted by Gasteiger charge is -2.08. The van der Waals surface area contributed by atoms with Crippen molar-refractivity contribution < 1.29 is 4.74 Å². The molecule has 2 rings (SSSR count). The number of hydrogen-bond donors (Lipinski definition) is 2. The number of anilines is 3. The molecule has 1 aromatic carbocycles. The number of methoxy groups -OCH3 is 1. The van der Waals surface area contributed by atoms with Gasteiger partial charge in [-0.1, -0.05) is 17.7 Å². The van der Waals surface area contributed by atoms with Crippen molar-refractivity contribution in [1.29, 1.82) is 0 Å². The van der Waals surface area contributed by atoms with Crippen LogP contribution in [0.1, 0.15) is 0 Å². The largest absolute Gasteiger partial charge is 0.495 e. The molecule has 2 N–H and O–H groups in total. The number of halogens is 1. The molecular weight excluding hydrogens is 278 g/mol. The minimum Gasteiger partial charge on any atom is -0.495 e. The van der Waals surface area contributed by atoms with Crippen molar-refractivity contribution >= 4 is 29.1 Å². The van der Waals surface area contributed by atoms with Gasteiger partial charge >= 0.3 is 0 Å². The fourth-order valence-corrected chi connectivity index (χ4v) is 1.75. The summed E-state index contributed by atoms with van der Waals surface area (Å²) in [5.74, 6) is 1.60. The fraction of sp³-hybridized carbons (Fsp3) is 0.154. The number of benzene rings is 1. The maximum Gasteiger partial charge on any atom is 0.249 e. The molecule has 0 amide bonds. The van der Waals surface area contributed by atoms with E-state index in [1.54, 1.807) is 25.3 Å². The van der Waals surface area contributed by atoms with E-state index in [0.717, 1.165) is 5.69 Å². The van der Waals surface area contributed by atoms with Gasteiger partial charge in [-0.05, 0) is 18.2 Å². The van der Waals surface area contributed by atoms with Crippen molar-refractivity contribution in [1.82, 2.24) is 15.2 Å². The maximum atomic E-state index is 6.05. The van der Waals surface area contributed by atoms with E-state index in [1.807, 2.05) is 6.07 Å². The number of nitrogens with zero attached hydrogens (tertiary/aromatic N) is 3. The third-order valence-electron chi connectivity index (χ3n) is 2.39. The molecule has 0 bridgehead atoms. The summed E-state index contributed by atoms with van der Waals surface area (Å²) in [6, 6.07) is 5.31. The van der Waals surface area contributed by atoms with Gasteiger partial charge in [0, 0.05) is 12.2 Å². The molecule has 6 nitrogen and oxygen atoms in total. The van der Waals surface area contributed by atoms with Crippen LogP contribution in [0.5, 0.6) is 5.75 Å². The summed E-state index contributed by atoms with van der Waals surface area (Å²) in [5.41, 5.74) is 0.749. The van der Waals surface area contributed by atoms with Gasteiger partial charge in [0.1, 0.15) is 5.75 Å². The predicted molar refractivity (Wildman–Crippen MR) is 79.8 cm³/mol. The highest BCUT2D eigenvalue weighted by Crippen LogP contribution is 2.28. The monoisotopic (exact) mass is 291 g/mol. The van der Waals surface area contributed by atoms with Gasteiger partial charge in [0.05, 0.1) is 18.3 Å². The van der Waals surface area contributed by atoms with Crippen LogP contribution in [0, 0.1) is 0 Å². The Morgan fingerprint density at radius 1 is 1.45 bits per heavy atom. The average Bonchev–Trinajstić information content (AvgIpc) is 2.46. The molecule has 0 fully saturated rings. The molecule has 0 unspecified atom stereocenters. The Hall–Kier alpha value is -2.34. The molecule has 104 valence electrons. The third-order valence-corrected chi connectivity index (χ3v) is 2.69. The first kappa shape index (κ1) is 14.1.